The predicted molar refractivity (Wildman–Crippen MR) is 36.6 cm³/mol. The van der Waals surface area contributed by atoms with Gasteiger partial charge in [-0.3, -0.25) is 0 Å². The van der Waals surface area contributed by atoms with Crippen molar-refractivity contribution in [3.63, 3.8) is 0 Å². The first-order valence-corrected chi connectivity index (χ1v) is 3.23. The first kappa shape index (κ1) is 9.52. The maximum absolute atomic E-state index is 12.7. The van der Waals surface area contributed by atoms with E-state index in [1.807, 2.05) is 0 Å². The molecule has 0 aliphatic carbocycles. The molecular formula is C8H3F4N. The second-order valence-electron chi connectivity index (χ2n) is 2.26. The molecule has 0 aliphatic rings. The zero-order valence-electron chi connectivity index (χ0n) is 6.24. The fraction of sp³-hybridized carbons (Fsp3) is 0.125. The zero-order valence-corrected chi connectivity index (χ0v) is 6.24. The SMILES string of the molecule is [C-]#[N+]Cc1c(F)cc(F)c(F)c1F. The molecule has 1 aromatic carbocycles. The molecular weight excluding hydrogens is 186 g/mol. The quantitative estimate of drug-likeness (QED) is 0.277. The number of halogens is 4. The molecule has 5 heteroatoms. The first-order chi connectivity index (χ1) is 6.07. The summed E-state index contributed by atoms with van der Waals surface area (Å²) in [7, 11) is 0. The largest absolute Gasteiger partial charge is 0.312 e. The third-order valence-corrected chi connectivity index (χ3v) is 1.45. The van der Waals surface area contributed by atoms with E-state index in [9.17, 15) is 17.6 Å². The second-order valence-corrected chi connectivity index (χ2v) is 2.26. The van der Waals surface area contributed by atoms with Gasteiger partial charge in [-0.15, -0.1) is 0 Å². The van der Waals surface area contributed by atoms with Crippen LogP contribution in [0.25, 0.3) is 4.85 Å². The molecule has 0 saturated carbocycles. The number of hydrogen-bond acceptors (Lipinski definition) is 0. The van der Waals surface area contributed by atoms with Crippen LogP contribution in [0.3, 0.4) is 0 Å². The van der Waals surface area contributed by atoms with Crippen molar-refractivity contribution in [1.29, 1.82) is 0 Å². The topological polar surface area (TPSA) is 4.36 Å². The van der Waals surface area contributed by atoms with E-state index in [4.69, 9.17) is 6.57 Å². The summed E-state index contributed by atoms with van der Waals surface area (Å²) in [5, 5.41) is 0. The van der Waals surface area contributed by atoms with Crippen LogP contribution in [0, 0.1) is 29.8 Å². The Morgan fingerprint density at radius 1 is 1.08 bits per heavy atom. The van der Waals surface area contributed by atoms with Gasteiger partial charge in [0.1, 0.15) is 11.4 Å². The van der Waals surface area contributed by atoms with Crippen molar-refractivity contribution in [3.05, 3.63) is 46.3 Å². The van der Waals surface area contributed by atoms with E-state index in [2.05, 4.69) is 4.85 Å². The van der Waals surface area contributed by atoms with Crippen LogP contribution in [0.1, 0.15) is 5.56 Å². The lowest BCUT2D eigenvalue weighted by molar-refractivity contribution is 0.426. The number of rotatable bonds is 1. The van der Waals surface area contributed by atoms with E-state index in [1.54, 1.807) is 0 Å². The maximum Gasteiger partial charge on any atom is 0.245 e. The van der Waals surface area contributed by atoms with Crippen molar-refractivity contribution in [2.45, 2.75) is 6.54 Å². The summed E-state index contributed by atoms with van der Waals surface area (Å²) in [6.07, 6.45) is 0. The highest BCUT2D eigenvalue weighted by Gasteiger charge is 2.20. The summed E-state index contributed by atoms with van der Waals surface area (Å²) in [6.45, 7) is 5.69. The molecule has 1 aromatic rings. The number of nitrogens with zero attached hydrogens (tertiary/aromatic N) is 1. The van der Waals surface area contributed by atoms with Gasteiger partial charge >= 0.3 is 0 Å². The molecule has 0 atom stereocenters. The molecule has 0 N–H and O–H groups in total. The fourth-order valence-corrected chi connectivity index (χ4v) is 0.828. The molecule has 0 saturated heterocycles. The van der Waals surface area contributed by atoms with Crippen LogP contribution >= 0.6 is 0 Å². The van der Waals surface area contributed by atoms with Gasteiger partial charge in [0.05, 0.1) is 0 Å². The zero-order chi connectivity index (χ0) is 10.0. The Morgan fingerprint density at radius 3 is 2.23 bits per heavy atom. The highest BCUT2D eigenvalue weighted by molar-refractivity contribution is 5.23. The summed E-state index contributed by atoms with van der Waals surface area (Å²) in [4.78, 5) is 2.68. The van der Waals surface area contributed by atoms with Crippen LogP contribution in [0.5, 0.6) is 0 Å². The van der Waals surface area contributed by atoms with Gasteiger partial charge in [-0.25, -0.2) is 24.1 Å². The highest BCUT2D eigenvalue weighted by Crippen LogP contribution is 2.19. The van der Waals surface area contributed by atoms with Crippen LogP contribution in [-0.4, -0.2) is 0 Å². The standard InChI is InChI=1S/C8H3F4N/c1-13-3-4-5(9)2-6(10)8(12)7(4)11/h2H,3H2. The molecule has 0 bridgehead atoms. The van der Waals surface area contributed by atoms with Gasteiger partial charge in [-0.2, -0.15) is 0 Å². The van der Waals surface area contributed by atoms with Crippen molar-refractivity contribution < 1.29 is 17.6 Å². The summed E-state index contributed by atoms with van der Waals surface area (Å²) in [5.74, 6) is -6.22. The Bertz CT molecular complexity index is 381. The van der Waals surface area contributed by atoms with Crippen molar-refractivity contribution in [2.24, 2.45) is 0 Å². The number of hydrogen-bond donors (Lipinski definition) is 0. The van der Waals surface area contributed by atoms with E-state index >= 15 is 0 Å². The van der Waals surface area contributed by atoms with Crippen molar-refractivity contribution in [1.82, 2.24) is 0 Å². The summed E-state index contributed by atoms with van der Waals surface area (Å²) >= 11 is 0. The van der Waals surface area contributed by atoms with E-state index in [0.717, 1.165) is 0 Å². The molecule has 0 heterocycles. The first-order valence-electron chi connectivity index (χ1n) is 3.23. The Labute approximate surface area is 71.4 Å². The summed E-state index contributed by atoms with van der Waals surface area (Å²) in [5.41, 5.74) is -0.742. The lowest BCUT2D eigenvalue weighted by atomic mass is 10.2. The number of benzene rings is 1. The van der Waals surface area contributed by atoms with Gasteiger partial charge in [0.2, 0.25) is 6.54 Å². The highest BCUT2D eigenvalue weighted by atomic mass is 19.2. The van der Waals surface area contributed by atoms with Gasteiger partial charge in [0.25, 0.3) is 0 Å². The van der Waals surface area contributed by atoms with Crippen LogP contribution in [0.2, 0.25) is 0 Å². The van der Waals surface area contributed by atoms with Gasteiger partial charge < -0.3 is 4.85 Å². The van der Waals surface area contributed by atoms with Gasteiger partial charge in [-0.1, -0.05) is 0 Å². The minimum Gasteiger partial charge on any atom is -0.312 e. The summed E-state index contributed by atoms with van der Waals surface area (Å²) in [6, 6.07) is 0.221. The summed E-state index contributed by atoms with van der Waals surface area (Å²) < 4.78 is 50.2. The lowest BCUT2D eigenvalue weighted by Crippen LogP contribution is -2.00. The molecule has 0 aromatic heterocycles. The van der Waals surface area contributed by atoms with E-state index in [0.29, 0.717) is 0 Å². The Hall–Kier alpha value is -1.57. The Balaban J connectivity index is 3.36. The molecule has 0 aliphatic heterocycles. The minimum absolute atomic E-state index is 0.221. The molecule has 0 spiro atoms. The van der Waals surface area contributed by atoms with Crippen LogP contribution in [0.15, 0.2) is 6.07 Å². The monoisotopic (exact) mass is 189 g/mol. The molecule has 68 valence electrons. The van der Waals surface area contributed by atoms with Crippen LogP contribution in [-0.2, 0) is 6.54 Å². The normalized spacial score (nSPS) is 9.77. The van der Waals surface area contributed by atoms with Crippen LogP contribution in [0.4, 0.5) is 17.6 Å². The molecule has 0 fully saturated rings. The van der Waals surface area contributed by atoms with Crippen molar-refractivity contribution >= 4 is 0 Å². The van der Waals surface area contributed by atoms with Crippen LogP contribution < -0.4 is 0 Å². The van der Waals surface area contributed by atoms with Crippen molar-refractivity contribution in [3.8, 4) is 0 Å². The smallest absolute Gasteiger partial charge is 0.245 e. The molecule has 1 nitrogen and oxygen atoms in total. The molecule has 0 radical (unpaired) electrons. The van der Waals surface area contributed by atoms with Crippen molar-refractivity contribution in [2.75, 3.05) is 0 Å². The van der Waals surface area contributed by atoms with Gasteiger partial charge in [0, 0.05) is 6.07 Å². The maximum atomic E-state index is 12.7. The average molecular weight is 189 g/mol. The molecule has 13 heavy (non-hydrogen) atoms. The lowest BCUT2D eigenvalue weighted by Gasteiger charge is -2.00. The van der Waals surface area contributed by atoms with E-state index in [1.165, 1.54) is 0 Å². The fourth-order valence-electron chi connectivity index (χ4n) is 0.828. The third kappa shape index (κ3) is 1.61. The Morgan fingerprint density at radius 2 is 1.69 bits per heavy atom. The molecule has 0 unspecified atom stereocenters. The predicted octanol–water partition coefficient (Wildman–Crippen LogP) is 2.66. The van der Waals surface area contributed by atoms with E-state index < -0.39 is 35.4 Å². The molecule has 1 rings (SSSR count). The van der Waals surface area contributed by atoms with Gasteiger partial charge in [0.15, 0.2) is 17.5 Å². The average Bonchev–Trinajstić information content (AvgIpc) is 2.09. The van der Waals surface area contributed by atoms with Gasteiger partial charge in [-0.05, 0) is 0 Å². The minimum atomic E-state index is -1.75. The van der Waals surface area contributed by atoms with E-state index in [-0.39, 0.29) is 6.07 Å². The molecule has 0 amide bonds. The third-order valence-electron chi connectivity index (χ3n) is 1.45. The second kappa shape index (κ2) is 3.44. The Kier molecular flexibility index (Phi) is 2.52.